The number of amides is 1. The smallest absolute Gasteiger partial charge is 0.222 e. The third-order valence-electron chi connectivity index (χ3n) is 5.86. The summed E-state index contributed by atoms with van der Waals surface area (Å²) in [4.78, 5) is 27.3. The zero-order valence-corrected chi connectivity index (χ0v) is 17.9. The van der Waals surface area contributed by atoms with E-state index in [1.165, 1.54) is 0 Å². The third kappa shape index (κ3) is 4.93. The number of ketones is 1. The van der Waals surface area contributed by atoms with Gasteiger partial charge < -0.3 is 20.1 Å². The summed E-state index contributed by atoms with van der Waals surface area (Å²) in [6, 6.07) is 11.4. The summed E-state index contributed by atoms with van der Waals surface area (Å²) >= 11 is 0. The van der Waals surface area contributed by atoms with Gasteiger partial charge in [0.2, 0.25) is 5.91 Å². The molecule has 2 aromatic carbocycles. The van der Waals surface area contributed by atoms with Crippen LogP contribution in [0.25, 0.3) is 0 Å². The van der Waals surface area contributed by atoms with E-state index in [-0.39, 0.29) is 17.6 Å². The van der Waals surface area contributed by atoms with Crippen molar-refractivity contribution in [3.8, 4) is 11.5 Å². The van der Waals surface area contributed by atoms with Crippen LogP contribution in [-0.2, 0) is 17.6 Å². The number of hydrogen-bond acceptors (Lipinski definition) is 5. The van der Waals surface area contributed by atoms with E-state index in [0.717, 1.165) is 36.1 Å². The van der Waals surface area contributed by atoms with Crippen molar-refractivity contribution in [2.24, 2.45) is 5.92 Å². The summed E-state index contributed by atoms with van der Waals surface area (Å²) in [5.74, 6) is 1.22. The number of anilines is 1. The molecular weight excluding hydrogens is 380 g/mol. The van der Waals surface area contributed by atoms with Crippen molar-refractivity contribution < 1.29 is 19.1 Å². The standard InChI is InChI=1S/C24H30N2O4/c1-26(13-12-16-4-9-19(25)10-5-16)23(27)11-8-17-6-7-18-14-21(29-2)22(30-3)15-20(18)24(17)28/h4-5,9-10,14-15,17H,6-8,11-13,25H2,1-3H3. The van der Waals surface area contributed by atoms with Crippen molar-refractivity contribution in [2.45, 2.75) is 32.1 Å². The highest BCUT2D eigenvalue weighted by molar-refractivity contribution is 6.01. The van der Waals surface area contributed by atoms with Crippen LogP contribution < -0.4 is 15.2 Å². The number of hydrogen-bond donors (Lipinski definition) is 1. The predicted molar refractivity (Wildman–Crippen MR) is 117 cm³/mol. The molecule has 3 rings (SSSR count). The fourth-order valence-corrected chi connectivity index (χ4v) is 3.91. The Kier molecular flexibility index (Phi) is 6.98. The minimum absolute atomic E-state index is 0.0661. The van der Waals surface area contributed by atoms with E-state index < -0.39 is 0 Å². The summed E-state index contributed by atoms with van der Waals surface area (Å²) in [5.41, 5.74) is 9.26. The Morgan fingerprint density at radius 3 is 2.47 bits per heavy atom. The number of methoxy groups -OCH3 is 2. The van der Waals surface area contributed by atoms with Crippen LogP contribution in [0.4, 0.5) is 5.69 Å². The Hall–Kier alpha value is -3.02. The van der Waals surface area contributed by atoms with Gasteiger partial charge in [-0.25, -0.2) is 0 Å². The van der Waals surface area contributed by atoms with Gasteiger partial charge in [-0.1, -0.05) is 12.1 Å². The van der Waals surface area contributed by atoms with Crippen LogP contribution in [0.2, 0.25) is 0 Å². The number of aryl methyl sites for hydroxylation is 1. The molecule has 0 heterocycles. The van der Waals surface area contributed by atoms with Gasteiger partial charge in [0.1, 0.15) is 0 Å². The highest BCUT2D eigenvalue weighted by Gasteiger charge is 2.29. The molecule has 0 spiro atoms. The highest BCUT2D eigenvalue weighted by Crippen LogP contribution is 2.36. The summed E-state index contributed by atoms with van der Waals surface area (Å²) in [6.45, 7) is 0.640. The van der Waals surface area contributed by atoms with E-state index in [2.05, 4.69) is 0 Å². The Bertz CT molecular complexity index is 908. The lowest BCUT2D eigenvalue weighted by molar-refractivity contribution is -0.130. The van der Waals surface area contributed by atoms with Crippen LogP contribution in [0, 0.1) is 5.92 Å². The molecule has 1 amide bonds. The van der Waals surface area contributed by atoms with Gasteiger partial charge in [0.25, 0.3) is 0 Å². The number of nitrogens with two attached hydrogens (primary N) is 1. The number of ether oxygens (including phenoxy) is 2. The molecular formula is C24H30N2O4. The van der Waals surface area contributed by atoms with Crippen LogP contribution in [0.5, 0.6) is 11.5 Å². The van der Waals surface area contributed by atoms with Gasteiger partial charge in [-0.3, -0.25) is 9.59 Å². The summed E-state index contributed by atoms with van der Waals surface area (Å²) in [5, 5.41) is 0. The zero-order valence-electron chi connectivity index (χ0n) is 17.9. The Balaban J connectivity index is 1.55. The first kappa shape index (κ1) is 21.7. The molecule has 0 aromatic heterocycles. The fourth-order valence-electron chi connectivity index (χ4n) is 3.91. The van der Waals surface area contributed by atoms with Crippen molar-refractivity contribution in [3.05, 3.63) is 53.1 Å². The molecule has 1 aliphatic carbocycles. The number of Topliss-reactive ketones (excluding diaryl/α,β-unsaturated/α-hetero) is 1. The van der Waals surface area contributed by atoms with E-state index in [1.54, 1.807) is 25.2 Å². The van der Waals surface area contributed by atoms with Crippen molar-refractivity contribution >= 4 is 17.4 Å². The average molecular weight is 411 g/mol. The number of carbonyl (C=O) groups is 2. The van der Waals surface area contributed by atoms with Gasteiger partial charge >= 0.3 is 0 Å². The molecule has 1 unspecified atom stereocenters. The van der Waals surface area contributed by atoms with Gasteiger partial charge in [-0.2, -0.15) is 0 Å². The molecule has 0 saturated carbocycles. The number of nitrogens with zero attached hydrogens (tertiary/aromatic N) is 1. The lowest BCUT2D eigenvalue weighted by Crippen LogP contribution is -2.30. The topological polar surface area (TPSA) is 81.9 Å². The molecule has 2 N–H and O–H groups in total. The highest BCUT2D eigenvalue weighted by atomic mass is 16.5. The van der Waals surface area contributed by atoms with Gasteiger partial charge in [-0.05, 0) is 61.1 Å². The Morgan fingerprint density at radius 2 is 1.80 bits per heavy atom. The quantitative estimate of drug-likeness (QED) is 0.674. The first-order valence-corrected chi connectivity index (χ1v) is 10.3. The largest absolute Gasteiger partial charge is 0.493 e. The van der Waals surface area contributed by atoms with Gasteiger partial charge in [0.15, 0.2) is 17.3 Å². The number of benzene rings is 2. The van der Waals surface area contributed by atoms with Gasteiger partial charge in [0.05, 0.1) is 14.2 Å². The third-order valence-corrected chi connectivity index (χ3v) is 5.86. The second-order valence-electron chi connectivity index (χ2n) is 7.81. The Labute approximate surface area is 178 Å². The van der Waals surface area contributed by atoms with E-state index in [1.807, 2.05) is 37.4 Å². The molecule has 1 atom stereocenters. The van der Waals surface area contributed by atoms with Crippen molar-refractivity contribution in [1.29, 1.82) is 0 Å². The molecule has 2 aromatic rings. The van der Waals surface area contributed by atoms with Crippen molar-refractivity contribution in [2.75, 3.05) is 33.5 Å². The van der Waals surface area contributed by atoms with Crippen LogP contribution in [0.1, 0.15) is 40.7 Å². The molecule has 6 nitrogen and oxygen atoms in total. The van der Waals surface area contributed by atoms with Crippen molar-refractivity contribution in [1.82, 2.24) is 4.90 Å². The van der Waals surface area contributed by atoms with E-state index >= 15 is 0 Å². The molecule has 6 heteroatoms. The van der Waals surface area contributed by atoms with E-state index in [4.69, 9.17) is 15.2 Å². The number of rotatable bonds is 8. The second kappa shape index (κ2) is 9.65. The summed E-state index contributed by atoms with van der Waals surface area (Å²) in [7, 11) is 4.97. The lowest BCUT2D eigenvalue weighted by Gasteiger charge is -2.25. The molecule has 0 bridgehead atoms. The average Bonchev–Trinajstić information content (AvgIpc) is 2.77. The maximum atomic E-state index is 13.0. The summed E-state index contributed by atoms with van der Waals surface area (Å²) < 4.78 is 10.7. The van der Waals surface area contributed by atoms with Crippen LogP contribution in [-0.4, -0.2) is 44.4 Å². The normalized spacial score (nSPS) is 15.4. The lowest BCUT2D eigenvalue weighted by atomic mass is 9.80. The SMILES string of the molecule is COc1cc2c(cc1OC)C(=O)C(CCC(=O)N(C)CCc1ccc(N)cc1)CC2. The molecule has 0 radical (unpaired) electrons. The van der Waals surface area contributed by atoms with Crippen LogP contribution in [0.15, 0.2) is 36.4 Å². The second-order valence-corrected chi connectivity index (χ2v) is 7.81. The van der Waals surface area contributed by atoms with Crippen molar-refractivity contribution in [3.63, 3.8) is 0 Å². The van der Waals surface area contributed by atoms with Gasteiger partial charge in [-0.15, -0.1) is 0 Å². The number of likely N-dealkylation sites (N-methyl/N-ethyl adjacent to an activating group) is 1. The monoisotopic (exact) mass is 410 g/mol. The number of carbonyl (C=O) groups excluding carboxylic acids is 2. The first-order chi connectivity index (χ1) is 14.4. The molecule has 0 fully saturated rings. The molecule has 0 aliphatic heterocycles. The zero-order chi connectivity index (χ0) is 21.7. The summed E-state index contributed by atoms with van der Waals surface area (Å²) in [6.07, 6.45) is 3.27. The van der Waals surface area contributed by atoms with Crippen LogP contribution >= 0.6 is 0 Å². The fraction of sp³-hybridized carbons (Fsp3) is 0.417. The van der Waals surface area contributed by atoms with E-state index in [0.29, 0.717) is 36.4 Å². The molecule has 160 valence electrons. The molecule has 1 aliphatic rings. The predicted octanol–water partition coefficient (Wildman–Crippen LogP) is 3.51. The maximum Gasteiger partial charge on any atom is 0.222 e. The maximum absolute atomic E-state index is 13.0. The minimum Gasteiger partial charge on any atom is -0.493 e. The number of nitrogen functional groups attached to an aromatic ring is 1. The first-order valence-electron chi connectivity index (χ1n) is 10.3. The minimum atomic E-state index is -0.134. The van der Waals surface area contributed by atoms with Gasteiger partial charge in [0, 0.05) is 37.2 Å². The van der Waals surface area contributed by atoms with E-state index in [9.17, 15) is 9.59 Å². The molecule has 0 saturated heterocycles. The Morgan fingerprint density at radius 1 is 1.13 bits per heavy atom. The molecule has 30 heavy (non-hydrogen) atoms. The van der Waals surface area contributed by atoms with Crippen LogP contribution in [0.3, 0.4) is 0 Å². The number of fused-ring (bicyclic) bond motifs is 1.